The molecule has 0 fully saturated rings. The number of hydrazone groups is 1. The molecule has 4 aromatic rings. The van der Waals surface area contributed by atoms with Gasteiger partial charge in [-0.25, -0.2) is 5.43 Å². The minimum atomic E-state index is -0.246. The van der Waals surface area contributed by atoms with E-state index in [-0.39, 0.29) is 11.7 Å². The van der Waals surface area contributed by atoms with Crippen LogP contribution in [-0.2, 0) is 17.9 Å². The van der Waals surface area contributed by atoms with Crippen molar-refractivity contribution < 1.29 is 9.53 Å². The molecule has 0 unspecified atom stereocenters. The number of allylic oxidation sites excluding steroid dienone is 1. The zero-order valence-electron chi connectivity index (χ0n) is 19.3. The van der Waals surface area contributed by atoms with Crippen molar-refractivity contribution in [3.8, 4) is 5.75 Å². The molecule has 0 aliphatic carbocycles. The standard InChI is InChI=1S/C26H26N6O2S/c1-3-15-32-24(17-27-22-13-8-11-19-9-4-6-12-21(19)22)29-31-26(32)35-18-25(33)30-28-16-20-10-5-7-14-23(20)34-2/h3-14,16,27H,1,15,17-18H2,2H3,(H,30,33). The highest BCUT2D eigenvalue weighted by Gasteiger charge is 2.14. The van der Waals surface area contributed by atoms with E-state index in [2.05, 4.69) is 50.8 Å². The van der Waals surface area contributed by atoms with E-state index >= 15 is 0 Å². The maximum Gasteiger partial charge on any atom is 0.250 e. The van der Waals surface area contributed by atoms with Gasteiger partial charge in [0.15, 0.2) is 11.0 Å². The average molecular weight is 487 g/mol. The second-order valence-electron chi connectivity index (χ2n) is 7.50. The van der Waals surface area contributed by atoms with Gasteiger partial charge in [-0.1, -0.05) is 66.4 Å². The average Bonchev–Trinajstić information content (AvgIpc) is 3.28. The van der Waals surface area contributed by atoms with E-state index in [4.69, 9.17) is 4.74 Å². The van der Waals surface area contributed by atoms with Crippen molar-refractivity contribution in [3.05, 3.63) is 90.8 Å². The quantitative estimate of drug-likeness (QED) is 0.141. The molecule has 35 heavy (non-hydrogen) atoms. The lowest BCUT2D eigenvalue weighted by atomic mass is 10.1. The van der Waals surface area contributed by atoms with Crippen molar-refractivity contribution in [1.82, 2.24) is 20.2 Å². The molecule has 2 N–H and O–H groups in total. The third-order valence-electron chi connectivity index (χ3n) is 5.20. The number of nitrogens with one attached hydrogen (secondary N) is 2. The van der Waals surface area contributed by atoms with E-state index in [9.17, 15) is 4.79 Å². The van der Waals surface area contributed by atoms with Gasteiger partial charge in [-0.05, 0) is 23.6 Å². The molecule has 0 aliphatic heterocycles. The van der Waals surface area contributed by atoms with E-state index in [1.54, 1.807) is 19.4 Å². The summed E-state index contributed by atoms with van der Waals surface area (Å²) < 4.78 is 7.22. The Labute approximate surface area is 208 Å². The molecule has 0 aliphatic rings. The van der Waals surface area contributed by atoms with Crippen LogP contribution < -0.4 is 15.5 Å². The van der Waals surface area contributed by atoms with Gasteiger partial charge in [0, 0.05) is 23.2 Å². The Morgan fingerprint density at radius 3 is 2.77 bits per heavy atom. The lowest BCUT2D eigenvalue weighted by Crippen LogP contribution is -2.20. The van der Waals surface area contributed by atoms with Gasteiger partial charge < -0.3 is 14.6 Å². The minimum Gasteiger partial charge on any atom is -0.496 e. The van der Waals surface area contributed by atoms with E-state index in [0.29, 0.717) is 24.0 Å². The van der Waals surface area contributed by atoms with Gasteiger partial charge in [0.05, 0.1) is 25.6 Å². The monoisotopic (exact) mass is 486 g/mol. The number of para-hydroxylation sites is 1. The molecule has 0 spiro atoms. The maximum absolute atomic E-state index is 12.3. The Bertz CT molecular complexity index is 1350. The molecule has 3 aromatic carbocycles. The number of anilines is 1. The van der Waals surface area contributed by atoms with Crippen LogP contribution in [0.5, 0.6) is 5.75 Å². The molecule has 8 nitrogen and oxygen atoms in total. The molecule has 1 amide bonds. The van der Waals surface area contributed by atoms with Crippen LogP contribution in [0.25, 0.3) is 10.8 Å². The van der Waals surface area contributed by atoms with Gasteiger partial charge in [0.2, 0.25) is 0 Å². The number of nitrogens with zero attached hydrogens (tertiary/aromatic N) is 4. The van der Waals surface area contributed by atoms with Crippen molar-refractivity contribution in [1.29, 1.82) is 0 Å². The van der Waals surface area contributed by atoms with Crippen LogP contribution in [0.2, 0.25) is 0 Å². The first kappa shape index (κ1) is 24.0. The summed E-state index contributed by atoms with van der Waals surface area (Å²) in [7, 11) is 1.59. The number of aromatic nitrogens is 3. The molecular formula is C26H26N6O2S. The van der Waals surface area contributed by atoms with E-state index in [1.165, 1.54) is 17.1 Å². The Balaban J connectivity index is 1.37. The fourth-order valence-electron chi connectivity index (χ4n) is 3.53. The minimum absolute atomic E-state index is 0.148. The molecule has 1 heterocycles. The SMILES string of the molecule is C=CCn1c(CNc2cccc3ccccc23)nnc1SCC(=O)NN=Cc1ccccc1OC. The Hall–Kier alpha value is -4.11. The van der Waals surface area contributed by atoms with Crippen molar-refractivity contribution in [3.63, 3.8) is 0 Å². The Kier molecular flexibility index (Phi) is 8.13. The number of carbonyl (C=O) groups is 1. The van der Waals surface area contributed by atoms with Crippen molar-refractivity contribution in [2.75, 3.05) is 18.2 Å². The largest absolute Gasteiger partial charge is 0.496 e. The van der Waals surface area contributed by atoms with Crippen LogP contribution in [0.15, 0.2) is 89.6 Å². The zero-order valence-corrected chi connectivity index (χ0v) is 20.2. The molecule has 0 saturated carbocycles. The molecule has 0 bridgehead atoms. The molecule has 4 rings (SSSR count). The number of methoxy groups -OCH3 is 1. The van der Waals surface area contributed by atoms with Gasteiger partial charge in [-0.2, -0.15) is 5.10 Å². The summed E-state index contributed by atoms with van der Waals surface area (Å²) in [6, 6.07) is 21.8. The number of amides is 1. The molecular weight excluding hydrogens is 460 g/mol. The van der Waals surface area contributed by atoms with E-state index in [0.717, 1.165) is 22.5 Å². The summed E-state index contributed by atoms with van der Waals surface area (Å²) in [5.41, 5.74) is 4.34. The first-order valence-electron chi connectivity index (χ1n) is 11.0. The Morgan fingerprint density at radius 1 is 1.11 bits per heavy atom. The van der Waals surface area contributed by atoms with E-state index < -0.39 is 0 Å². The first-order valence-corrected chi connectivity index (χ1v) is 12.0. The smallest absolute Gasteiger partial charge is 0.250 e. The van der Waals surface area contributed by atoms with Crippen LogP contribution in [-0.4, -0.2) is 39.7 Å². The summed E-state index contributed by atoms with van der Waals surface area (Å²) in [6.45, 7) is 4.87. The molecule has 178 valence electrons. The number of ether oxygens (including phenoxy) is 1. The highest BCUT2D eigenvalue weighted by Crippen LogP contribution is 2.24. The van der Waals surface area contributed by atoms with Crippen molar-refractivity contribution in [2.45, 2.75) is 18.2 Å². The van der Waals surface area contributed by atoms with Gasteiger partial charge in [0.25, 0.3) is 5.91 Å². The summed E-state index contributed by atoms with van der Waals surface area (Å²) in [5, 5.41) is 19.1. The highest BCUT2D eigenvalue weighted by molar-refractivity contribution is 7.99. The second kappa shape index (κ2) is 11.8. The molecule has 0 atom stereocenters. The second-order valence-corrected chi connectivity index (χ2v) is 8.44. The predicted octanol–water partition coefficient (Wildman–Crippen LogP) is 4.48. The fraction of sp³-hybridized carbons (Fsp3) is 0.154. The number of rotatable bonds is 11. The third kappa shape index (κ3) is 6.07. The van der Waals surface area contributed by atoms with Crippen LogP contribution in [0.1, 0.15) is 11.4 Å². The summed E-state index contributed by atoms with van der Waals surface area (Å²) in [5.74, 6) is 1.34. The van der Waals surface area contributed by atoms with Gasteiger partial charge in [-0.3, -0.25) is 4.79 Å². The first-order chi connectivity index (χ1) is 17.2. The lowest BCUT2D eigenvalue weighted by molar-refractivity contribution is -0.118. The molecule has 1 aromatic heterocycles. The topological polar surface area (TPSA) is 93.4 Å². The maximum atomic E-state index is 12.3. The van der Waals surface area contributed by atoms with E-state index in [1.807, 2.05) is 53.1 Å². The molecule has 0 radical (unpaired) electrons. The number of benzene rings is 3. The molecule has 9 heteroatoms. The highest BCUT2D eigenvalue weighted by atomic mass is 32.2. The number of thioether (sulfide) groups is 1. The summed E-state index contributed by atoms with van der Waals surface area (Å²) >= 11 is 1.30. The normalized spacial score (nSPS) is 11.0. The van der Waals surface area contributed by atoms with Gasteiger partial charge in [-0.15, -0.1) is 16.8 Å². The van der Waals surface area contributed by atoms with Crippen molar-refractivity contribution in [2.24, 2.45) is 5.10 Å². The summed E-state index contributed by atoms with van der Waals surface area (Å²) in [6.07, 6.45) is 3.34. The number of hydrogen-bond acceptors (Lipinski definition) is 7. The number of hydrogen-bond donors (Lipinski definition) is 2. The van der Waals surface area contributed by atoms with Crippen LogP contribution in [0.3, 0.4) is 0 Å². The fourth-order valence-corrected chi connectivity index (χ4v) is 4.29. The van der Waals surface area contributed by atoms with Crippen LogP contribution in [0, 0.1) is 0 Å². The predicted molar refractivity (Wildman–Crippen MR) is 141 cm³/mol. The number of fused-ring (bicyclic) bond motifs is 1. The Morgan fingerprint density at radius 2 is 1.91 bits per heavy atom. The summed E-state index contributed by atoms with van der Waals surface area (Å²) in [4.78, 5) is 12.3. The zero-order chi connectivity index (χ0) is 24.5. The van der Waals surface area contributed by atoms with Crippen LogP contribution in [0.4, 0.5) is 5.69 Å². The third-order valence-corrected chi connectivity index (χ3v) is 6.16. The number of carbonyl (C=O) groups excluding carboxylic acids is 1. The molecule has 0 saturated heterocycles. The van der Waals surface area contributed by atoms with Gasteiger partial charge >= 0.3 is 0 Å². The van der Waals surface area contributed by atoms with Crippen molar-refractivity contribution >= 4 is 40.3 Å². The van der Waals surface area contributed by atoms with Gasteiger partial charge in [0.1, 0.15) is 5.75 Å². The van der Waals surface area contributed by atoms with Crippen LogP contribution >= 0.6 is 11.8 Å². The lowest BCUT2D eigenvalue weighted by Gasteiger charge is -2.11.